The molecule has 7 heteroatoms. The van der Waals surface area contributed by atoms with Crippen LogP contribution in [0.5, 0.6) is 5.75 Å². The van der Waals surface area contributed by atoms with E-state index in [0.29, 0.717) is 17.2 Å². The highest BCUT2D eigenvalue weighted by Crippen LogP contribution is 2.40. The first-order valence-corrected chi connectivity index (χ1v) is 14.9. The Morgan fingerprint density at radius 2 is 1.95 bits per heavy atom. The number of methoxy groups -OCH3 is 1. The number of nitrogens with two attached hydrogens (primary N) is 1. The number of likely N-dealkylation sites (tertiary alicyclic amines) is 1. The van der Waals surface area contributed by atoms with Crippen molar-refractivity contribution in [2.45, 2.75) is 57.2 Å². The Balaban J connectivity index is 1.22. The van der Waals surface area contributed by atoms with Crippen LogP contribution in [0, 0.1) is 17.8 Å². The van der Waals surface area contributed by atoms with E-state index in [1.54, 1.807) is 7.11 Å². The number of allylic oxidation sites excluding steroid dienone is 1. The van der Waals surface area contributed by atoms with Crippen LogP contribution in [-0.2, 0) is 13.6 Å². The summed E-state index contributed by atoms with van der Waals surface area (Å²) < 4.78 is 10.4. The monoisotopic (exact) mass is 535 g/mol. The van der Waals surface area contributed by atoms with Crippen LogP contribution < -0.4 is 10.5 Å². The van der Waals surface area contributed by atoms with Gasteiger partial charge in [0.1, 0.15) is 11.3 Å². The number of hydrogen-bond donors (Lipinski definition) is 1. The maximum atomic E-state index is 13.7. The van der Waals surface area contributed by atoms with Gasteiger partial charge < -0.3 is 24.5 Å². The molecule has 3 saturated carbocycles. The average Bonchev–Trinajstić information content (AvgIpc) is 3.87. The molecule has 0 unspecified atom stereocenters. The highest BCUT2D eigenvalue weighted by Gasteiger charge is 2.47. The van der Waals surface area contributed by atoms with E-state index in [4.69, 9.17) is 15.5 Å². The summed E-state index contributed by atoms with van der Waals surface area (Å²) in [5.74, 6) is 3.50. The van der Waals surface area contributed by atoms with Crippen LogP contribution in [0.3, 0.4) is 0 Å². The van der Waals surface area contributed by atoms with E-state index < -0.39 is 0 Å². The van der Waals surface area contributed by atoms with Crippen molar-refractivity contribution in [1.29, 1.82) is 0 Å². The molecule has 4 fully saturated rings. The van der Waals surface area contributed by atoms with E-state index in [0.717, 1.165) is 60.3 Å². The fraction of sp³-hybridized carbons (Fsp3) is 0.455. The number of aromatic nitrogens is 3. The van der Waals surface area contributed by atoms with Crippen LogP contribution in [0.4, 0.5) is 0 Å². The summed E-state index contributed by atoms with van der Waals surface area (Å²) in [5.41, 5.74) is 12.3. The highest BCUT2D eigenvalue weighted by molar-refractivity contribution is 6.00. The molecular weight excluding hydrogens is 498 g/mol. The van der Waals surface area contributed by atoms with E-state index in [1.165, 1.54) is 42.1 Å². The van der Waals surface area contributed by atoms with Crippen molar-refractivity contribution >= 4 is 33.9 Å². The minimum Gasteiger partial charge on any atom is -0.494 e. The normalized spacial score (nSPS) is 24.3. The van der Waals surface area contributed by atoms with Crippen LogP contribution >= 0.6 is 0 Å². The molecule has 0 spiro atoms. The zero-order chi connectivity index (χ0) is 27.1. The first-order chi connectivity index (χ1) is 19.5. The number of carbonyl (C=O) groups excluding carboxylic acids is 1. The van der Waals surface area contributed by atoms with Crippen LogP contribution in [0.1, 0.15) is 54.4 Å². The molecule has 4 aromatic rings. The SMILES string of the molecule is COc1cc(C(=O)N2C[C@H]3CC[C@@H]2[C@H]3N)cc2nc(-c3cc4cc(/C=C/C5CC5)ccc4n3CC3CC3)n(C)c12. The van der Waals surface area contributed by atoms with Gasteiger partial charge in [-0.2, -0.15) is 0 Å². The van der Waals surface area contributed by atoms with E-state index in [-0.39, 0.29) is 18.0 Å². The molecule has 2 bridgehead atoms. The molecule has 2 N–H and O–H groups in total. The summed E-state index contributed by atoms with van der Waals surface area (Å²) in [6.45, 7) is 1.75. The molecule has 1 amide bonds. The molecule has 40 heavy (non-hydrogen) atoms. The number of amides is 1. The number of nitrogens with zero attached hydrogens (tertiary/aromatic N) is 4. The lowest BCUT2D eigenvalue weighted by Gasteiger charge is -2.27. The standard InChI is InChI=1S/C33H37N5O2/c1-36-31-25(14-24(16-29(31)40-2)33(39)38-18-22-10-12-27(38)30(22)34)35-32(36)28-15-23-13-20(6-5-19-3-4-19)9-11-26(23)37(28)17-21-7-8-21/h5-6,9,11,13-16,19,21-22,27,30H,3-4,7-8,10,12,17-18,34H2,1-2H3/b6-5+/t22-,27-,30+/m1/s1. The maximum Gasteiger partial charge on any atom is 0.254 e. The second-order valence-corrected chi connectivity index (χ2v) is 12.6. The Hall–Kier alpha value is -3.58. The molecule has 3 aliphatic carbocycles. The highest BCUT2D eigenvalue weighted by atomic mass is 16.5. The van der Waals surface area contributed by atoms with E-state index in [9.17, 15) is 4.79 Å². The zero-order valence-corrected chi connectivity index (χ0v) is 23.3. The molecule has 0 radical (unpaired) electrons. The summed E-state index contributed by atoms with van der Waals surface area (Å²) >= 11 is 0. The lowest BCUT2D eigenvalue weighted by molar-refractivity contribution is 0.0700. The van der Waals surface area contributed by atoms with Crippen LogP contribution in [0.2, 0.25) is 0 Å². The Morgan fingerprint density at radius 3 is 2.65 bits per heavy atom. The molecule has 206 valence electrons. The van der Waals surface area contributed by atoms with Gasteiger partial charge >= 0.3 is 0 Å². The molecule has 8 rings (SSSR count). The molecule has 1 aliphatic heterocycles. The molecule has 1 saturated heterocycles. The molecule has 7 nitrogen and oxygen atoms in total. The fourth-order valence-corrected chi connectivity index (χ4v) is 7.14. The van der Waals surface area contributed by atoms with E-state index >= 15 is 0 Å². The topological polar surface area (TPSA) is 78.3 Å². The fourth-order valence-electron chi connectivity index (χ4n) is 7.14. The Kier molecular flexibility index (Phi) is 5.43. The van der Waals surface area contributed by atoms with Gasteiger partial charge in [0.25, 0.3) is 5.91 Å². The number of benzene rings is 2. The number of imidazole rings is 1. The second-order valence-electron chi connectivity index (χ2n) is 12.6. The van der Waals surface area contributed by atoms with Crippen molar-refractivity contribution in [3.05, 3.63) is 53.6 Å². The van der Waals surface area contributed by atoms with Gasteiger partial charge in [0.2, 0.25) is 0 Å². The molecule has 2 aromatic carbocycles. The Labute approximate surface area is 234 Å². The predicted octanol–water partition coefficient (Wildman–Crippen LogP) is 5.60. The Morgan fingerprint density at radius 1 is 1.10 bits per heavy atom. The average molecular weight is 536 g/mol. The largest absolute Gasteiger partial charge is 0.494 e. The van der Waals surface area contributed by atoms with E-state index in [2.05, 4.69) is 52.6 Å². The summed E-state index contributed by atoms with van der Waals surface area (Å²) in [6.07, 6.45) is 11.9. The third kappa shape index (κ3) is 3.89. The van der Waals surface area contributed by atoms with Crippen molar-refractivity contribution in [2.75, 3.05) is 13.7 Å². The molecule has 2 aromatic heterocycles. The quantitative estimate of drug-likeness (QED) is 0.334. The van der Waals surface area contributed by atoms with Crippen molar-refractivity contribution in [1.82, 2.24) is 19.0 Å². The van der Waals surface area contributed by atoms with Crippen molar-refractivity contribution in [2.24, 2.45) is 30.5 Å². The molecule has 4 aliphatic rings. The smallest absolute Gasteiger partial charge is 0.254 e. The van der Waals surface area contributed by atoms with Gasteiger partial charge in [-0.3, -0.25) is 4.79 Å². The number of hydrogen-bond acceptors (Lipinski definition) is 4. The van der Waals surface area contributed by atoms with Gasteiger partial charge in [0.05, 0.1) is 18.3 Å². The van der Waals surface area contributed by atoms with Gasteiger partial charge in [-0.25, -0.2) is 4.98 Å². The van der Waals surface area contributed by atoms with Gasteiger partial charge in [-0.15, -0.1) is 0 Å². The van der Waals surface area contributed by atoms with Crippen molar-refractivity contribution < 1.29 is 9.53 Å². The summed E-state index contributed by atoms with van der Waals surface area (Å²) in [4.78, 5) is 20.8. The summed E-state index contributed by atoms with van der Waals surface area (Å²) in [7, 11) is 3.72. The minimum atomic E-state index is 0.0321. The van der Waals surface area contributed by atoms with Crippen LogP contribution in [0.25, 0.3) is 39.5 Å². The number of aryl methyl sites for hydroxylation is 1. The Bertz CT molecular complexity index is 1690. The van der Waals surface area contributed by atoms with Crippen LogP contribution in [0.15, 0.2) is 42.5 Å². The lowest BCUT2D eigenvalue weighted by Crippen LogP contribution is -2.41. The molecular formula is C33H37N5O2. The van der Waals surface area contributed by atoms with Gasteiger partial charge in [-0.05, 0) is 92.2 Å². The lowest BCUT2D eigenvalue weighted by atomic mass is 10.1. The number of rotatable bonds is 7. The first kappa shape index (κ1) is 24.2. The predicted molar refractivity (Wildman–Crippen MR) is 158 cm³/mol. The second kappa shape index (κ2) is 8.96. The third-order valence-electron chi connectivity index (χ3n) is 9.79. The zero-order valence-electron chi connectivity index (χ0n) is 23.3. The number of piperidine rings is 1. The number of fused-ring (bicyclic) bond motifs is 4. The number of carbonyl (C=O) groups is 1. The van der Waals surface area contributed by atoms with Gasteiger partial charge in [0.15, 0.2) is 5.82 Å². The molecule has 3 atom stereocenters. The van der Waals surface area contributed by atoms with Crippen LogP contribution in [-0.4, -0.2) is 50.7 Å². The third-order valence-corrected chi connectivity index (χ3v) is 9.79. The minimum absolute atomic E-state index is 0.0321. The van der Waals surface area contributed by atoms with E-state index in [1.807, 2.05) is 17.0 Å². The maximum absolute atomic E-state index is 13.7. The molecule has 3 heterocycles. The van der Waals surface area contributed by atoms with Gasteiger partial charge in [-0.1, -0.05) is 18.2 Å². The number of ether oxygens (including phenoxy) is 1. The first-order valence-electron chi connectivity index (χ1n) is 14.9. The van der Waals surface area contributed by atoms with Crippen molar-refractivity contribution in [3.63, 3.8) is 0 Å². The summed E-state index contributed by atoms with van der Waals surface area (Å²) in [5, 5.41) is 1.24. The van der Waals surface area contributed by atoms with Crippen molar-refractivity contribution in [3.8, 4) is 17.3 Å². The summed E-state index contributed by atoms with van der Waals surface area (Å²) in [6, 6.07) is 13.1. The van der Waals surface area contributed by atoms with Gasteiger partial charge in [0, 0.05) is 48.7 Å².